The number of rotatable bonds is 6. The Morgan fingerprint density at radius 2 is 1.44 bits per heavy atom. The van der Waals surface area contributed by atoms with Crippen molar-refractivity contribution >= 4 is 28.4 Å². The van der Waals surface area contributed by atoms with Gasteiger partial charge in [-0.05, 0) is 70.9 Å². The second-order valence-corrected chi connectivity index (χ2v) is 7.07. The van der Waals surface area contributed by atoms with Crippen molar-refractivity contribution < 1.29 is 29.3 Å². The van der Waals surface area contributed by atoms with Crippen LogP contribution in [0.15, 0.2) is 72.8 Å². The van der Waals surface area contributed by atoms with Gasteiger partial charge < -0.3 is 25.4 Å². The third kappa shape index (κ3) is 3.91. The average molecular weight is 429 g/mol. The molecular weight excluding hydrogens is 410 g/mol. The molecule has 0 aromatic heterocycles. The number of hydrogen-bond donors (Lipinski definition) is 3. The van der Waals surface area contributed by atoms with E-state index in [0.29, 0.717) is 22.7 Å². The maximum absolute atomic E-state index is 12.3. The third-order valence-electron chi connectivity index (χ3n) is 5.06. The summed E-state index contributed by atoms with van der Waals surface area (Å²) in [5, 5.41) is 21.4. The molecule has 0 aliphatic carbocycles. The molecule has 4 aromatic rings. The topological polar surface area (TPSA) is 119 Å². The first-order valence-electron chi connectivity index (χ1n) is 9.62. The van der Waals surface area contributed by atoms with Crippen molar-refractivity contribution in [1.82, 2.24) is 0 Å². The first kappa shape index (κ1) is 20.7. The van der Waals surface area contributed by atoms with Gasteiger partial charge in [-0.25, -0.2) is 9.59 Å². The first-order chi connectivity index (χ1) is 15.4. The van der Waals surface area contributed by atoms with Crippen LogP contribution in [-0.2, 0) is 0 Å². The van der Waals surface area contributed by atoms with Crippen molar-refractivity contribution in [3.8, 4) is 28.4 Å². The second kappa shape index (κ2) is 8.31. The summed E-state index contributed by atoms with van der Waals surface area (Å²) in [6, 6.07) is 19.8. The zero-order valence-corrected chi connectivity index (χ0v) is 17.0. The van der Waals surface area contributed by atoms with E-state index in [2.05, 4.69) is 0 Å². The number of hydrogen-bond acceptors (Lipinski definition) is 5. The minimum absolute atomic E-state index is 0.0251. The highest BCUT2D eigenvalue weighted by molar-refractivity contribution is 6.07. The van der Waals surface area contributed by atoms with Crippen LogP contribution >= 0.6 is 0 Å². The summed E-state index contributed by atoms with van der Waals surface area (Å²) < 4.78 is 11.0. The van der Waals surface area contributed by atoms with Crippen LogP contribution in [0.2, 0.25) is 0 Å². The Balaban J connectivity index is 1.92. The number of benzene rings is 4. The van der Waals surface area contributed by atoms with Crippen molar-refractivity contribution in [2.75, 3.05) is 12.8 Å². The minimum Gasteiger partial charge on any atom is -0.497 e. The molecule has 0 amide bonds. The fraction of sp³-hybridized carbons (Fsp3) is 0.0400. The van der Waals surface area contributed by atoms with Gasteiger partial charge in [-0.2, -0.15) is 0 Å². The van der Waals surface area contributed by atoms with E-state index >= 15 is 0 Å². The Bertz CT molecular complexity index is 1340. The second-order valence-electron chi connectivity index (χ2n) is 7.07. The standard InChI is InChI=1S/C25H19NO6/c1-31-19-7-4-14-12-16(3-2-15(14)13-19)22-20(24(27)28)10-11-21(23(22)25(29)30)32-18-8-5-17(26)6-9-18/h2-13H,26H2,1H3,(H,27,28)(H,29,30). The van der Waals surface area contributed by atoms with E-state index in [1.54, 1.807) is 55.6 Å². The van der Waals surface area contributed by atoms with Crippen molar-refractivity contribution in [2.24, 2.45) is 0 Å². The van der Waals surface area contributed by atoms with E-state index in [0.717, 1.165) is 10.8 Å². The van der Waals surface area contributed by atoms with Gasteiger partial charge in [0.15, 0.2) is 0 Å². The predicted octanol–water partition coefficient (Wildman–Crippen LogP) is 5.29. The Morgan fingerprint density at radius 1 is 0.781 bits per heavy atom. The van der Waals surface area contributed by atoms with Gasteiger partial charge in [-0.1, -0.05) is 18.2 Å². The lowest BCUT2D eigenvalue weighted by Crippen LogP contribution is -2.09. The summed E-state index contributed by atoms with van der Waals surface area (Å²) in [6.45, 7) is 0. The Hall–Kier alpha value is -4.52. The number of carbonyl (C=O) groups is 2. The highest BCUT2D eigenvalue weighted by Gasteiger charge is 2.25. The maximum atomic E-state index is 12.3. The quantitative estimate of drug-likeness (QED) is 0.356. The van der Waals surface area contributed by atoms with Crippen LogP contribution < -0.4 is 15.2 Å². The molecular formula is C25H19NO6. The van der Waals surface area contributed by atoms with Gasteiger partial charge in [-0.3, -0.25) is 0 Å². The molecule has 0 aliphatic rings. The highest BCUT2D eigenvalue weighted by atomic mass is 16.5. The van der Waals surface area contributed by atoms with Gasteiger partial charge in [0.05, 0.1) is 12.7 Å². The molecule has 4 rings (SSSR count). The molecule has 4 N–H and O–H groups in total. The molecule has 4 aromatic carbocycles. The number of methoxy groups -OCH3 is 1. The van der Waals surface area contributed by atoms with E-state index in [1.165, 1.54) is 12.1 Å². The molecule has 160 valence electrons. The van der Waals surface area contributed by atoms with Crippen molar-refractivity contribution in [1.29, 1.82) is 0 Å². The molecule has 0 aliphatic heterocycles. The van der Waals surface area contributed by atoms with Crippen LogP contribution in [0.1, 0.15) is 20.7 Å². The number of carboxylic acid groups (broad SMARTS) is 2. The number of carboxylic acids is 2. The van der Waals surface area contributed by atoms with Gasteiger partial charge in [0.25, 0.3) is 0 Å². The van der Waals surface area contributed by atoms with Gasteiger partial charge >= 0.3 is 11.9 Å². The fourth-order valence-electron chi connectivity index (χ4n) is 3.53. The molecule has 0 bridgehead atoms. The zero-order valence-electron chi connectivity index (χ0n) is 17.0. The summed E-state index contributed by atoms with van der Waals surface area (Å²) in [6.07, 6.45) is 0. The molecule has 0 unspecified atom stereocenters. The summed E-state index contributed by atoms with van der Waals surface area (Å²) in [5.41, 5.74) is 6.36. The predicted molar refractivity (Wildman–Crippen MR) is 121 cm³/mol. The number of nitrogen functional groups attached to an aromatic ring is 1. The number of nitrogens with two attached hydrogens (primary N) is 1. The number of ether oxygens (including phenoxy) is 2. The molecule has 0 atom stereocenters. The Morgan fingerprint density at radius 3 is 2.09 bits per heavy atom. The van der Waals surface area contributed by atoms with E-state index in [9.17, 15) is 19.8 Å². The summed E-state index contributed by atoms with van der Waals surface area (Å²) in [4.78, 5) is 24.2. The molecule has 0 fully saturated rings. The molecule has 0 saturated carbocycles. The van der Waals surface area contributed by atoms with Crippen molar-refractivity contribution in [3.05, 3.63) is 83.9 Å². The van der Waals surface area contributed by atoms with Gasteiger partial charge in [0.1, 0.15) is 22.8 Å². The van der Waals surface area contributed by atoms with E-state index in [1.807, 2.05) is 12.1 Å². The lowest BCUT2D eigenvalue weighted by molar-refractivity contribution is 0.0694. The SMILES string of the molecule is COc1ccc2cc(-c3c(C(=O)O)ccc(Oc4ccc(N)cc4)c3C(=O)O)ccc2c1. The average Bonchev–Trinajstić information content (AvgIpc) is 2.79. The van der Waals surface area contributed by atoms with Gasteiger partial charge in [0.2, 0.25) is 0 Å². The number of fused-ring (bicyclic) bond motifs is 1. The summed E-state index contributed by atoms with van der Waals surface area (Å²) in [7, 11) is 1.57. The summed E-state index contributed by atoms with van der Waals surface area (Å²) >= 11 is 0. The first-order valence-corrected chi connectivity index (χ1v) is 9.62. The zero-order chi connectivity index (χ0) is 22.8. The molecule has 0 radical (unpaired) electrons. The van der Waals surface area contributed by atoms with E-state index in [-0.39, 0.29) is 22.4 Å². The van der Waals surface area contributed by atoms with E-state index in [4.69, 9.17) is 15.2 Å². The number of aromatic carboxylic acids is 2. The van der Waals surface area contributed by atoms with Crippen LogP contribution in [0.3, 0.4) is 0 Å². The maximum Gasteiger partial charge on any atom is 0.340 e. The van der Waals surface area contributed by atoms with Crippen LogP contribution in [0.25, 0.3) is 21.9 Å². The lowest BCUT2D eigenvalue weighted by atomic mass is 9.92. The van der Waals surface area contributed by atoms with Crippen molar-refractivity contribution in [3.63, 3.8) is 0 Å². The fourth-order valence-corrected chi connectivity index (χ4v) is 3.53. The molecule has 7 heteroatoms. The van der Waals surface area contributed by atoms with Crippen molar-refractivity contribution in [2.45, 2.75) is 0 Å². The van der Waals surface area contributed by atoms with Crippen LogP contribution in [0.5, 0.6) is 17.2 Å². The molecule has 0 saturated heterocycles. The molecule has 7 nitrogen and oxygen atoms in total. The monoisotopic (exact) mass is 429 g/mol. The van der Waals surface area contributed by atoms with Gasteiger partial charge in [0, 0.05) is 11.3 Å². The highest BCUT2D eigenvalue weighted by Crippen LogP contribution is 2.38. The largest absolute Gasteiger partial charge is 0.497 e. The summed E-state index contributed by atoms with van der Waals surface area (Å²) in [5.74, 6) is -1.46. The molecule has 0 spiro atoms. The van der Waals surface area contributed by atoms with Crippen LogP contribution in [0, 0.1) is 0 Å². The minimum atomic E-state index is -1.30. The third-order valence-corrected chi connectivity index (χ3v) is 5.06. The number of anilines is 1. The smallest absolute Gasteiger partial charge is 0.340 e. The Kier molecular flexibility index (Phi) is 5.39. The van der Waals surface area contributed by atoms with E-state index < -0.39 is 11.9 Å². The molecule has 0 heterocycles. The normalized spacial score (nSPS) is 10.7. The van der Waals surface area contributed by atoms with Crippen LogP contribution in [0.4, 0.5) is 5.69 Å². The van der Waals surface area contributed by atoms with Gasteiger partial charge in [-0.15, -0.1) is 0 Å². The Labute approximate surface area is 183 Å². The molecule has 32 heavy (non-hydrogen) atoms. The lowest BCUT2D eigenvalue weighted by Gasteiger charge is -2.16. The van der Waals surface area contributed by atoms with Crippen LogP contribution in [-0.4, -0.2) is 29.3 Å².